The van der Waals surface area contributed by atoms with Crippen LogP contribution in [0.4, 0.5) is 0 Å². The summed E-state index contributed by atoms with van der Waals surface area (Å²) in [7, 11) is 0. The largest absolute Gasteiger partial charge is 0.507 e. The first-order chi connectivity index (χ1) is 24.3. The zero-order chi connectivity index (χ0) is 37.7. The molecule has 284 valence electrons. The van der Waals surface area contributed by atoms with Crippen LogP contribution in [0.5, 0.6) is 5.75 Å². The molecule has 3 aliphatic heterocycles. The second kappa shape index (κ2) is 13.1. The van der Waals surface area contributed by atoms with Crippen molar-refractivity contribution in [2.75, 3.05) is 0 Å². The van der Waals surface area contributed by atoms with Crippen molar-refractivity contribution in [1.29, 1.82) is 0 Å². The van der Waals surface area contributed by atoms with Crippen LogP contribution >= 0.6 is 0 Å². The summed E-state index contributed by atoms with van der Waals surface area (Å²) < 4.78 is 30.2. The van der Waals surface area contributed by atoms with Crippen molar-refractivity contribution in [3.05, 3.63) is 52.1 Å². The van der Waals surface area contributed by atoms with E-state index in [0.29, 0.717) is 12.8 Å². The van der Waals surface area contributed by atoms with Crippen LogP contribution in [-0.2, 0) is 28.5 Å². The van der Waals surface area contributed by atoms with E-state index in [1.807, 2.05) is 6.92 Å². The van der Waals surface area contributed by atoms with Crippen LogP contribution in [0.1, 0.15) is 98.6 Å². The van der Waals surface area contributed by atoms with Gasteiger partial charge in [0.15, 0.2) is 35.5 Å². The number of benzene rings is 1. The molecule has 7 N–H and O–H groups in total. The van der Waals surface area contributed by atoms with Crippen molar-refractivity contribution in [2.45, 2.75) is 151 Å². The van der Waals surface area contributed by atoms with Gasteiger partial charge in [-0.3, -0.25) is 14.4 Å². The molecule has 15 heteroatoms. The second-order valence-corrected chi connectivity index (χ2v) is 15.4. The number of aliphatic hydroxyl groups excluding tert-OH is 3. The Hall–Kier alpha value is -2.93. The fraction of sp³-hybridized carbons (Fsp3) is 0.649. The molecule has 3 aliphatic carbocycles. The highest BCUT2D eigenvalue weighted by molar-refractivity contribution is 6.32. The number of ketones is 3. The number of rotatable bonds is 5. The van der Waals surface area contributed by atoms with Gasteiger partial charge >= 0.3 is 0 Å². The molecule has 0 radical (unpaired) electrons. The normalized spacial score (nSPS) is 45.0. The lowest BCUT2D eigenvalue weighted by Crippen LogP contribution is -2.69. The first kappa shape index (κ1) is 37.4. The third-order valence-corrected chi connectivity index (χ3v) is 11.5. The number of aromatic hydroxyl groups is 1. The van der Waals surface area contributed by atoms with Gasteiger partial charge in [-0.1, -0.05) is 12.1 Å². The minimum absolute atomic E-state index is 0.0389. The van der Waals surface area contributed by atoms with E-state index < -0.39 is 120 Å². The van der Waals surface area contributed by atoms with Gasteiger partial charge in [0, 0.05) is 48.8 Å². The number of Topliss-reactive ketones (excluding diaryl/α,β-unsaturated/α-hetero) is 3. The number of fused-ring (bicyclic) bond motifs is 3. The number of phenolic OH excluding ortho intramolecular Hbond substituents is 1. The van der Waals surface area contributed by atoms with Crippen molar-refractivity contribution < 1.29 is 73.8 Å². The van der Waals surface area contributed by atoms with Gasteiger partial charge in [0.2, 0.25) is 0 Å². The minimum Gasteiger partial charge on any atom is -0.507 e. The van der Waals surface area contributed by atoms with Gasteiger partial charge < -0.3 is 59.4 Å². The Morgan fingerprint density at radius 3 is 2.17 bits per heavy atom. The first-order valence-corrected chi connectivity index (χ1v) is 17.8. The van der Waals surface area contributed by atoms with Crippen LogP contribution in [0, 0.1) is 0 Å². The maximum Gasteiger partial charge on any atom is 0.198 e. The predicted octanol–water partition coefficient (Wildman–Crippen LogP) is 0.577. The van der Waals surface area contributed by atoms with Gasteiger partial charge in [-0.15, -0.1) is 0 Å². The molecule has 0 bridgehead atoms. The van der Waals surface area contributed by atoms with E-state index in [9.17, 15) is 50.1 Å². The fourth-order valence-electron chi connectivity index (χ4n) is 8.65. The SMILES string of the molecule is C[C@@H]1O[C@H](O[C@H]2CC[C@H](O[C@@H]3C[C@H](c4ccc5c(c4O)C(=O)C4=C(C5=O)[C@@]5(O)C(=O)C[C@](C)(O)C[C@@]5(O)C=C4)O[C@H](C)[C@@H]3O)O[C@@H]2C)C[C@H](O)[C@@H]1O. The van der Waals surface area contributed by atoms with Crippen molar-refractivity contribution in [1.82, 2.24) is 0 Å². The van der Waals surface area contributed by atoms with Gasteiger partial charge in [-0.2, -0.15) is 0 Å². The molecule has 1 aromatic rings. The molecule has 6 aliphatic rings. The molecule has 1 aromatic carbocycles. The molecule has 0 amide bonds. The summed E-state index contributed by atoms with van der Waals surface area (Å²) in [6.07, 6.45) is -6.22. The van der Waals surface area contributed by atoms with Gasteiger partial charge in [0.05, 0.1) is 59.5 Å². The van der Waals surface area contributed by atoms with E-state index in [2.05, 4.69) is 0 Å². The van der Waals surface area contributed by atoms with Crippen LogP contribution in [0.3, 0.4) is 0 Å². The Balaban J connectivity index is 1.07. The Morgan fingerprint density at radius 2 is 1.48 bits per heavy atom. The Labute approximate surface area is 299 Å². The highest BCUT2D eigenvalue weighted by atomic mass is 16.7. The van der Waals surface area contributed by atoms with Gasteiger partial charge in [0.1, 0.15) is 23.6 Å². The maximum atomic E-state index is 13.9. The van der Waals surface area contributed by atoms with Crippen LogP contribution < -0.4 is 0 Å². The maximum absolute atomic E-state index is 13.9. The summed E-state index contributed by atoms with van der Waals surface area (Å²) in [5.41, 5.74) is -8.26. The third-order valence-electron chi connectivity index (χ3n) is 11.5. The van der Waals surface area contributed by atoms with Crippen LogP contribution in [-0.4, -0.2) is 131 Å². The molecule has 0 spiro atoms. The molecule has 4 fully saturated rings. The topological polar surface area (TPSA) is 239 Å². The van der Waals surface area contributed by atoms with Crippen LogP contribution in [0.2, 0.25) is 0 Å². The molecular formula is C37H46O15. The van der Waals surface area contributed by atoms with Crippen molar-refractivity contribution in [3.8, 4) is 5.75 Å². The van der Waals surface area contributed by atoms with Crippen molar-refractivity contribution >= 4 is 17.3 Å². The zero-order valence-corrected chi connectivity index (χ0v) is 29.3. The second-order valence-electron chi connectivity index (χ2n) is 15.4. The number of aliphatic hydroxyl groups is 6. The van der Waals surface area contributed by atoms with Gasteiger partial charge in [-0.25, -0.2) is 0 Å². The number of phenols is 1. The molecular weight excluding hydrogens is 684 g/mol. The summed E-state index contributed by atoms with van der Waals surface area (Å²) in [5.74, 6) is -3.34. The van der Waals surface area contributed by atoms with Crippen LogP contribution in [0.15, 0.2) is 35.4 Å². The van der Waals surface area contributed by atoms with E-state index in [1.54, 1.807) is 13.8 Å². The third kappa shape index (κ3) is 6.00. The molecule has 3 saturated heterocycles. The highest BCUT2D eigenvalue weighted by Gasteiger charge is 2.66. The summed E-state index contributed by atoms with van der Waals surface area (Å²) in [6, 6.07) is 2.68. The molecule has 0 aromatic heterocycles. The summed E-state index contributed by atoms with van der Waals surface area (Å²) in [5, 5.41) is 76.3. The highest BCUT2D eigenvalue weighted by Crippen LogP contribution is 2.52. The number of hydrogen-bond acceptors (Lipinski definition) is 15. The average Bonchev–Trinajstić information content (AvgIpc) is 3.06. The molecule has 1 saturated carbocycles. The van der Waals surface area contributed by atoms with E-state index in [0.717, 1.165) is 12.2 Å². The molecule has 7 rings (SSSR count). The van der Waals surface area contributed by atoms with E-state index in [1.165, 1.54) is 19.1 Å². The Bertz CT molecular complexity index is 1710. The summed E-state index contributed by atoms with van der Waals surface area (Å²) in [4.78, 5) is 41.1. The van der Waals surface area contributed by atoms with Crippen molar-refractivity contribution in [2.24, 2.45) is 0 Å². The standard InChI is InChI=1S/C37H46O15/c1-15-22(51-27-11-21(38)30(40)16(2)50-27)7-8-26(49-15)52-24-12-23(48-17(3)31(24)41)18-5-6-19-28(32(18)42)33(43)20-9-10-36(46)14-35(4,45)13-25(39)37(36,47)29(20)34(19)44/h5-6,9-10,15-17,21-24,26-27,30-31,38,40-42,45-47H,7-8,11-14H2,1-4H3/t15-,16+,17-,21+,22+,23-,24-,26+,27-,30-,31+,35+,36+,37+/m1/s1. The van der Waals surface area contributed by atoms with E-state index >= 15 is 0 Å². The fourth-order valence-corrected chi connectivity index (χ4v) is 8.65. The molecule has 3 heterocycles. The molecule has 52 heavy (non-hydrogen) atoms. The molecule has 15 nitrogen and oxygen atoms in total. The lowest BCUT2D eigenvalue weighted by molar-refractivity contribution is -0.306. The minimum atomic E-state index is -2.79. The van der Waals surface area contributed by atoms with Gasteiger partial charge in [0.25, 0.3) is 0 Å². The number of allylic oxidation sites excluding steroid dienone is 2. The Kier molecular flexibility index (Phi) is 9.44. The van der Waals surface area contributed by atoms with Gasteiger partial charge in [-0.05, 0) is 46.3 Å². The molecule has 0 unspecified atom stereocenters. The lowest BCUT2D eigenvalue weighted by atomic mass is 9.57. The summed E-state index contributed by atoms with van der Waals surface area (Å²) in [6.45, 7) is 6.42. The van der Waals surface area contributed by atoms with E-state index in [-0.39, 0.29) is 41.2 Å². The summed E-state index contributed by atoms with van der Waals surface area (Å²) >= 11 is 0. The number of hydrogen-bond donors (Lipinski definition) is 7. The quantitative estimate of drug-likeness (QED) is 0.219. The van der Waals surface area contributed by atoms with Crippen molar-refractivity contribution in [3.63, 3.8) is 0 Å². The zero-order valence-electron chi connectivity index (χ0n) is 29.3. The monoisotopic (exact) mass is 730 g/mol. The molecule has 14 atom stereocenters. The predicted molar refractivity (Wildman–Crippen MR) is 176 cm³/mol. The lowest BCUT2D eigenvalue weighted by Gasteiger charge is -2.51. The van der Waals surface area contributed by atoms with E-state index in [4.69, 9.17) is 23.7 Å². The van der Waals surface area contributed by atoms with Crippen LogP contribution in [0.25, 0.3) is 0 Å². The number of ether oxygens (including phenoxy) is 5. The first-order valence-electron chi connectivity index (χ1n) is 17.8. The Morgan fingerprint density at radius 1 is 0.808 bits per heavy atom. The number of carbonyl (C=O) groups is 3. The smallest absolute Gasteiger partial charge is 0.198 e. The number of carbonyl (C=O) groups excluding carboxylic acids is 3. The average molecular weight is 731 g/mol.